The quantitative estimate of drug-likeness (QED) is 0.463. The van der Waals surface area contributed by atoms with E-state index in [2.05, 4.69) is 11.9 Å². The van der Waals surface area contributed by atoms with Crippen molar-refractivity contribution in [3.63, 3.8) is 0 Å². The van der Waals surface area contributed by atoms with Crippen LogP contribution in [-0.4, -0.2) is 62.5 Å². The Bertz CT molecular complexity index is 740. The number of alkyl carbamates (subject to hydrolysis) is 1. The highest BCUT2D eigenvalue weighted by Crippen LogP contribution is 2.27. The van der Waals surface area contributed by atoms with Crippen LogP contribution in [0.1, 0.15) is 32.3 Å². The molecule has 0 spiro atoms. The van der Waals surface area contributed by atoms with Crippen molar-refractivity contribution in [2.45, 2.75) is 32.8 Å². The number of benzene rings is 1. The third kappa shape index (κ3) is 7.02. The lowest BCUT2D eigenvalue weighted by atomic mass is 10.0. The van der Waals surface area contributed by atoms with Crippen molar-refractivity contribution in [1.29, 1.82) is 0 Å². The summed E-state index contributed by atoms with van der Waals surface area (Å²) in [4.78, 5) is 25.2. The predicted molar refractivity (Wildman–Crippen MR) is 111 cm³/mol. The third-order valence-corrected chi connectivity index (χ3v) is 4.89. The van der Waals surface area contributed by atoms with Crippen LogP contribution < -0.4 is 10.1 Å². The van der Waals surface area contributed by atoms with Crippen molar-refractivity contribution in [2.24, 2.45) is 5.92 Å². The molecule has 30 heavy (non-hydrogen) atoms. The molecule has 0 saturated carbocycles. The summed E-state index contributed by atoms with van der Waals surface area (Å²) in [6.45, 7) is 11.5. The average molecular weight is 422 g/mol. The lowest BCUT2D eigenvalue weighted by Gasteiger charge is -2.16. The molecule has 1 heterocycles. The van der Waals surface area contributed by atoms with Gasteiger partial charge in [0.25, 0.3) is 0 Å². The summed E-state index contributed by atoms with van der Waals surface area (Å²) in [6.07, 6.45) is 0.374. The number of nitrogens with zero attached hydrogens (tertiary/aromatic N) is 1. The van der Waals surface area contributed by atoms with Gasteiger partial charge in [-0.15, -0.1) is 0 Å². The second kappa shape index (κ2) is 11.5. The SMILES string of the molecule is C=CC(=O)N1C[C@H](C)[C@H](OC(=O)NCCOCCOc2cc(F)ccc2C(C)C)C1. The predicted octanol–water partition coefficient (Wildman–Crippen LogP) is 3.10. The molecule has 1 aromatic rings. The van der Waals surface area contributed by atoms with Gasteiger partial charge in [0.05, 0.1) is 19.8 Å². The standard InChI is InChI=1S/C22H31FN2O5/c1-5-21(26)25-13-16(4)20(14-25)30-22(27)24-8-9-28-10-11-29-19-12-17(23)6-7-18(19)15(2)3/h5-7,12,15-16,20H,1,8-11,13-14H2,2-4H3,(H,24,27)/t16-,20+/m0/s1. The van der Waals surface area contributed by atoms with Crippen LogP contribution in [0.25, 0.3) is 0 Å². The number of likely N-dealkylation sites (tertiary alicyclic amines) is 1. The molecule has 1 aliphatic heterocycles. The van der Waals surface area contributed by atoms with Gasteiger partial charge >= 0.3 is 6.09 Å². The number of nitrogens with one attached hydrogen (secondary N) is 1. The molecule has 2 atom stereocenters. The zero-order valence-electron chi connectivity index (χ0n) is 17.9. The van der Waals surface area contributed by atoms with Crippen LogP contribution in [0.4, 0.5) is 9.18 Å². The van der Waals surface area contributed by atoms with Crippen molar-refractivity contribution in [2.75, 3.05) is 39.5 Å². The van der Waals surface area contributed by atoms with Gasteiger partial charge in [-0.05, 0) is 23.6 Å². The van der Waals surface area contributed by atoms with Crippen LogP contribution in [0.2, 0.25) is 0 Å². The first kappa shape index (κ1) is 23.7. The Balaban J connectivity index is 1.60. The van der Waals surface area contributed by atoms with E-state index in [1.54, 1.807) is 11.0 Å². The summed E-state index contributed by atoms with van der Waals surface area (Å²) in [5.41, 5.74) is 0.940. The number of carbonyl (C=O) groups excluding carboxylic acids is 2. The molecule has 0 unspecified atom stereocenters. The minimum Gasteiger partial charge on any atom is -0.491 e. The van der Waals surface area contributed by atoms with Gasteiger partial charge in [-0.1, -0.05) is 33.4 Å². The first-order chi connectivity index (χ1) is 14.3. The number of carbonyl (C=O) groups is 2. The van der Waals surface area contributed by atoms with Crippen molar-refractivity contribution in [3.8, 4) is 5.75 Å². The van der Waals surface area contributed by atoms with Gasteiger partial charge in [0.2, 0.25) is 5.91 Å². The maximum absolute atomic E-state index is 13.4. The van der Waals surface area contributed by atoms with Gasteiger partial charge in [0, 0.05) is 25.1 Å². The van der Waals surface area contributed by atoms with Crippen molar-refractivity contribution in [1.82, 2.24) is 10.2 Å². The van der Waals surface area contributed by atoms with E-state index in [9.17, 15) is 14.0 Å². The molecule has 1 fully saturated rings. The third-order valence-electron chi connectivity index (χ3n) is 4.89. The minimum absolute atomic E-state index is 0.0617. The fourth-order valence-corrected chi connectivity index (χ4v) is 3.23. The van der Waals surface area contributed by atoms with E-state index >= 15 is 0 Å². The minimum atomic E-state index is -0.541. The van der Waals surface area contributed by atoms with Gasteiger partial charge in [0.15, 0.2) is 0 Å². The average Bonchev–Trinajstić information content (AvgIpc) is 3.06. The molecule has 0 aromatic heterocycles. The first-order valence-corrected chi connectivity index (χ1v) is 10.2. The molecular formula is C22H31FN2O5. The van der Waals surface area contributed by atoms with Crippen LogP contribution in [0.15, 0.2) is 30.9 Å². The number of hydrogen-bond donors (Lipinski definition) is 1. The second-order valence-corrected chi connectivity index (χ2v) is 7.59. The van der Waals surface area contributed by atoms with Crippen LogP contribution in [0.5, 0.6) is 5.75 Å². The zero-order chi connectivity index (χ0) is 22.1. The summed E-state index contributed by atoms with van der Waals surface area (Å²) in [7, 11) is 0. The lowest BCUT2D eigenvalue weighted by Crippen LogP contribution is -2.35. The van der Waals surface area contributed by atoms with Crippen LogP contribution in [-0.2, 0) is 14.3 Å². The number of amides is 2. The van der Waals surface area contributed by atoms with Gasteiger partial charge < -0.3 is 24.4 Å². The molecule has 0 radical (unpaired) electrons. The smallest absolute Gasteiger partial charge is 0.407 e. The van der Waals surface area contributed by atoms with E-state index < -0.39 is 6.09 Å². The van der Waals surface area contributed by atoms with Crippen molar-refractivity contribution >= 4 is 12.0 Å². The molecule has 2 amide bonds. The number of halogens is 1. The van der Waals surface area contributed by atoms with E-state index in [4.69, 9.17) is 14.2 Å². The molecule has 1 saturated heterocycles. The first-order valence-electron chi connectivity index (χ1n) is 10.2. The van der Waals surface area contributed by atoms with E-state index in [1.807, 2.05) is 20.8 Å². The second-order valence-electron chi connectivity index (χ2n) is 7.59. The summed E-state index contributed by atoms with van der Waals surface area (Å²) in [5.74, 6) is 0.298. The number of ether oxygens (including phenoxy) is 3. The number of rotatable bonds is 10. The molecule has 1 aromatic carbocycles. The van der Waals surface area contributed by atoms with Gasteiger partial charge in [-0.3, -0.25) is 4.79 Å². The highest BCUT2D eigenvalue weighted by atomic mass is 19.1. The highest BCUT2D eigenvalue weighted by molar-refractivity contribution is 5.87. The number of hydrogen-bond acceptors (Lipinski definition) is 5. The monoisotopic (exact) mass is 422 g/mol. The Morgan fingerprint density at radius 2 is 2.07 bits per heavy atom. The Morgan fingerprint density at radius 1 is 1.30 bits per heavy atom. The van der Waals surface area contributed by atoms with E-state index in [0.717, 1.165) is 5.56 Å². The summed E-state index contributed by atoms with van der Waals surface area (Å²) in [6, 6.07) is 4.52. The molecule has 1 aliphatic rings. The normalized spacial score (nSPS) is 18.4. The van der Waals surface area contributed by atoms with Gasteiger partial charge in [-0.25, -0.2) is 9.18 Å². The molecule has 1 N–H and O–H groups in total. The topological polar surface area (TPSA) is 77.1 Å². The molecule has 8 heteroatoms. The molecule has 7 nitrogen and oxygen atoms in total. The molecule has 166 valence electrons. The van der Waals surface area contributed by atoms with Gasteiger partial charge in [-0.2, -0.15) is 0 Å². The van der Waals surface area contributed by atoms with E-state index in [1.165, 1.54) is 18.2 Å². The molecule has 2 rings (SSSR count). The molecule has 0 aliphatic carbocycles. The van der Waals surface area contributed by atoms with E-state index in [0.29, 0.717) is 32.1 Å². The van der Waals surface area contributed by atoms with Crippen LogP contribution in [0, 0.1) is 11.7 Å². The maximum atomic E-state index is 13.4. The van der Waals surface area contributed by atoms with Crippen LogP contribution >= 0.6 is 0 Å². The Kier molecular flexibility index (Phi) is 9.11. The molecular weight excluding hydrogens is 391 g/mol. The van der Waals surface area contributed by atoms with Crippen LogP contribution in [0.3, 0.4) is 0 Å². The highest BCUT2D eigenvalue weighted by Gasteiger charge is 2.34. The summed E-state index contributed by atoms with van der Waals surface area (Å²) < 4.78 is 29.9. The zero-order valence-corrected chi connectivity index (χ0v) is 17.9. The summed E-state index contributed by atoms with van der Waals surface area (Å²) in [5, 5.41) is 2.63. The van der Waals surface area contributed by atoms with E-state index in [-0.39, 0.29) is 42.8 Å². The van der Waals surface area contributed by atoms with Crippen molar-refractivity contribution in [3.05, 3.63) is 42.2 Å². The lowest BCUT2D eigenvalue weighted by molar-refractivity contribution is -0.125. The molecule has 0 bridgehead atoms. The Hall–Kier alpha value is -2.61. The fraction of sp³-hybridized carbons (Fsp3) is 0.545. The Labute approximate surface area is 177 Å². The summed E-state index contributed by atoms with van der Waals surface area (Å²) >= 11 is 0. The Morgan fingerprint density at radius 3 is 2.77 bits per heavy atom. The maximum Gasteiger partial charge on any atom is 0.407 e. The largest absolute Gasteiger partial charge is 0.491 e. The van der Waals surface area contributed by atoms with Gasteiger partial charge in [0.1, 0.15) is 24.3 Å². The fourth-order valence-electron chi connectivity index (χ4n) is 3.23. The van der Waals surface area contributed by atoms with Crippen molar-refractivity contribution < 1.29 is 28.2 Å².